The summed E-state index contributed by atoms with van der Waals surface area (Å²) < 4.78 is 18.9. The second kappa shape index (κ2) is 4.59. The van der Waals surface area contributed by atoms with Gasteiger partial charge >= 0.3 is 0 Å². The zero-order valence-electron chi connectivity index (χ0n) is 9.17. The summed E-state index contributed by atoms with van der Waals surface area (Å²) in [7, 11) is 1.46. The Hall–Kier alpha value is -1.13. The van der Waals surface area contributed by atoms with Crippen molar-refractivity contribution in [2.24, 2.45) is 5.73 Å². The van der Waals surface area contributed by atoms with E-state index in [-0.39, 0.29) is 12.2 Å². The van der Waals surface area contributed by atoms with E-state index in [0.29, 0.717) is 11.3 Å². The summed E-state index contributed by atoms with van der Waals surface area (Å²) in [5.41, 5.74) is 7.21. The highest BCUT2D eigenvalue weighted by Crippen LogP contribution is 2.32. The average molecular weight is 213 g/mol. The summed E-state index contributed by atoms with van der Waals surface area (Å²) in [6, 6.07) is 0.945. The van der Waals surface area contributed by atoms with Crippen molar-refractivity contribution in [3.63, 3.8) is 0 Å². The fourth-order valence-electron chi connectivity index (χ4n) is 1.67. The lowest BCUT2D eigenvalue weighted by atomic mass is 9.99. The highest BCUT2D eigenvalue weighted by Gasteiger charge is 2.20. The minimum Gasteiger partial charge on any atom is -0.496 e. The van der Waals surface area contributed by atoms with Gasteiger partial charge in [0, 0.05) is 5.56 Å². The highest BCUT2D eigenvalue weighted by molar-refractivity contribution is 5.46. The van der Waals surface area contributed by atoms with Gasteiger partial charge in [0.15, 0.2) is 0 Å². The van der Waals surface area contributed by atoms with Crippen molar-refractivity contribution in [3.8, 4) is 5.75 Å². The predicted molar refractivity (Wildman–Crippen MR) is 56.4 cm³/mol. The minimum atomic E-state index is -0.751. The molecule has 0 heterocycles. The maximum atomic E-state index is 13.8. The molecule has 1 aromatic carbocycles. The van der Waals surface area contributed by atoms with Crippen LogP contribution in [0.2, 0.25) is 0 Å². The van der Waals surface area contributed by atoms with Gasteiger partial charge in [-0.15, -0.1) is 0 Å². The number of aryl methyl sites for hydroxylation is 2. The number of hydrogen-bond donors (Lipinski definition) is 2. The molecule has 1 aromatic rings. The molecular weight excluding hydrogens is 197 g/mol. The summed E-state index contributed by atoms with van der Waals surface area (Å²) in [5.74, 6) is 0.0126. The van der Waals surface area contributed by atoms with Crippen LogP contribution in [0.25, 0.3) is 0 Å². The van der Waals surface area contributed by atoms with Gasteiger partial charge in [0.1, 0.15) is 11.6 Å². The number of rotatable bonds is 3. The molecule has 0 saturated heterocycles. The van der Waals surface area contributed by atoms with Crippen LogP contribution in [0.4, 0.5) is 4.39 Å². The van der Waals surface area contributed by atoms with Crippen molar-refractivity contribution in [2.75, 3.05) is 13.7 Å². The Balaban J connectivity index is 3.43. The Morgan fingerprint density at radius 2 is 2.07 bits per heavy atom. The quantitative estimate of drug-likeness (QED) is 0.798. The first kappa shape index (κ1) is 11.9. The van der Waals surface area contributed by atoms with Gasteiger partial charge in [-0.25, -0.2) is 4.39 Å². The SMILES string of the molecule is COc1c(C)cc(C)c(F)c1C(N)CO. The van der Waals surface area contributed by atoms with Crippen LogP contribution in [0.1, 0.15) is 22.7 Å². The van der Waals surface area contributed by atoms with Gasteiger partial charge in [-0.05, 0) is 31.0 Å². The fraction of sp³-hybridized carbons (Fsp3) is 0.455. The Bertz CT molecular complexity index is 366. The molecule has 0 aliphatic heterocycles. The molecule has 84 valence electrons. The van der Waals surface area contributed by atoms with E-state index in [0.717, 1.165) is 5.56 Å². The molecule has 0 fully saturated rings. The summed E-state index contributed by atoms with van der Waals surface area (Å²) in [6.07, 6.45) is 0. The predicted octanol–water partition coefficient (Wildman–Crippen LogP) is 1.44. The molecule has 0 radical (unpaired) electrons. The van der Waals surface area contributed by atoms with Crippen molar-refractivity contribution in [1.29, 1.82) is 0 Å². The molecule has 3 nitrogen and oxygen atoms in total. The first-order chi connectivity index (χ1) is 7.02. The maximum absolute atomic E-state index is 13.8. The van der Waals surface area contributed by atoms with Crippen LogP contribution in [0.15, 0.2) is 6.07 Å². The molecule has 1 rings (SSSR count). The smallest absolute Gasteiger partial charge is 0.134 e. The van der Waals surface area contributed by atoms with Gasteiger partial charge in [0.05, 0.1) is 19.8 Å². The monoisotopic (exact) mass is 213 g/mol. The van der Waals surface area contributed by atoms with Crippen molar-refractivity contribution in [1.82, 2.24) is 0 Å². The highest BCUT2D eigenvalue weighted by atomic mass is 19.1. The van der Waals surface area contributed by atoms with Crippen LogP contribution in [0, 0.1) is 19.7 Å². The third kappa shape index (κ3) is 2.11. The number of aliphatic hydroxyl groups excluding tert-OH is 1. The molecule has 0 aliphatic rings. The summed E-state index contributed by atoms with van der Waals surface area (Å²) in [4.78, 5) is 0. The van der Waals surface area contributed by atoms with Crippen molar-refractivity contribution in [3.05, 3.63) is 28.6 Å². The Kier molecular flexibility index (Phi) is 3.66. The largest absolute Gasteiger partial charge is 0.496 e. The third-order valence-electron chi connectivity index (χ3n) is 2.39. The van der Waals surface area contributed by atoms with Gasteiger partial charge in [0.25, 0.3) is 0 Å². The van der Waals surface area contributed by atoms with E-state index < -0.39 is 11.9 Å². The van der Waals surface area contributed by atoms with Crippen LogP contribution >= 0.6 is 0 Å². The van der Waals surface area contributed by atoms with Crippen LogP contribution in [-0.4, -0.2) is 18.8 Å². The Morgan fingerprint density at radius 3 is 2.53 bits per heavy atom. The molecule has 0 spiro atoms. The van der Waals surface area contributed by atoms with Crippen molar-refractivity contribution < 1.29 is 14.2 Å². The lowest BCUT2D eigenvalue weighted by Gasteiger charge is -2.18. The molecule has 15 heavy (non-hydrogen) atoms. The van der Waals surface area contributed by atoms with Crippen LogP contribution < -0.4 is 10.5 Å². The summed E-state index contributed by atoms with van der Waals surface area (Å²) in [6.45, 7) is 3.17. The van der Waals surface area contributed by atoms with Crippen LogP contribution in [0.3, 0.4) is 0 Å². The van der Waals surface area contributed by atoms with E-state index in [1.807, 2.05) is 6.92 Å². The maximum Gasteiger partial charge on any atom is 0.134 e. The number of ether oxygens (including phenoxy) is 1. The molecule has 3 N–H and O–H groups in total. The van der Waals surface area contributed by atoms with Crippen molar-refractivity contribution in [2.45, 2.75) is 19.9 Å². The van der Waals surface area contributed by atoms with Gasteiger partial charge in [-0.1, -0.05) is 0 Å². The molecule has 4 heteroatoms. The number of nitrogens with two attached hydrogens (primary N) is 1. The Morgan fingerprint density at radius 1 is 1.47 bits per heavy atom. The average Bonchev–Trinajstić information content (AvgIpc) is 2.21. The molecule has 1 unspecified atom stereocenters. The lowest BCUT2D eigenvalue weighted by Crippen LogP contribution is -2.18. The van der Waals surface area contributed by atoms with E-state index in [9.17, 15) is 4.39 Å². The van der Waals surface area contributed by atoms with E-state index in [1.54, 1.807) is 13.0 Å². The first-order valence-electron chi connectivity index (χ1n) is 4.73. The molecule has 0 bridgehead atoms. The van der Waals surface area contributed by atoms with E-state index >= 15 is 0 Å². The second-order valence-corrected chi connectivity index (χ2v) is 3.56. The van der Waals surface area contributed by atoms with Gasteiger partial charge < -0.3 is 15.6 Å². The number of benzene rings is 1. The zero-order valence-corrected chi connectivity index (χ0v) is 9.17. The summed E-state index contributed by atoms with van der Waals surface area (Å²) >= 11 is 0. The molecule has 0 amide bonds. The molecule has 0 aliphatic carbocycles. The number of methoxy groups -OCH3 is 1. The first-order valence-corrected chi connectivity index (χ1v) is 4.73. The lowest BCUT2D eigenvalue weighted by molar-refractivity contribution is 0.261. The summed E-state index contributed by atoms with van der Waals surface area (Å²) in [5, 5.41) is 8.97. The van der Waals surface area contributed by atoms with Gasteiger partial charge in [-0.2, -0.15) is 0 Å². The fourth-order valence-corrected chi connectivity index (χ4v) is 1.67. The standard InChI is InChI=1S/C11H16FNO2/c1-6-4-7(2)11(15-3)9(10(6)12)8(13)5-14/h4,8,14H,5,13H2,1-3H3. The van der Waals surface area contributed by atoms with Gasteiger partial charge in [0.2, 0.25) is 0 Å². The normalized spacial score (nSPS) is 12.7. The number of halogens is 1. The Labute approximate surface area is 88.7 Å². The number of aliphatic hydroxyl groups is 1. The van der Waals surface area contributed by atoms with Crippen LogP contribution in [0.5, 0.6) is 5.75 Å². The molecule has 0 saturated carbocycles. The minimum absolute atomic E-state index is 0.248. The molecule has 0 aromatic heterocycles. The second-order valence-electron chi connectivity index (χ2n) is 3.56. The molecular formula is C11H16FNO2. The van der Waals surface area contributed by atoms with Crippen molar-refractivity contribution >= 4 is 0 Å². The van der Waals surface area contributed by atoms with E-state index in [4.69, 9.17) is 15.6 Å². The third-order valence-corrected chi connectivity index (χ3v) is 2.39. The van der Waals surface area contributed by atoms with E-state index in [2.05, 4.69) is 0 Å². The molecule has 1 atom stereocenters. The van der Waals surface area contributed by atoms with E-state index in [1.165, 1.54) is 7.11 Å². The zero-order chi connectivity index (χ0) is 11.6. The number of hydrogen-bond acceptors (Lipinski definition) is 3. The van der Waals surface area contributed by atoms with Gasteiger partial charge in [-0.3, -0.25) is 0 Å². The van der Waals surface area contributed by atoms with Crippen LogP contribution in [-0.2, 0) is 0 Å². The topological polar surface area (TPSA) is 55.5 Å².